The summed E-state index contributed by atoms with van der Waals surface area (Å²) in [5.41, 5.74) is 2.55. The van der Waals surface area contributed by atoms with E-state index in [4.69, 9.17) is 27.9 Å². The van der Waals surface area contributed by atoms with Gasteiger partial charge in [0.05, 0.1) is 46.5 Å². The number of carbonyl (C=O) groups excluding carboxylic acids is 2. The average Bonchev–Trinajstić information content (AvgIpc) is 3.05. The Morgan fingerprint density at radius 1 is 1.11 bits per heavy atom. The van der Waals surface area contributed by atoms with Crippen LogP contribution in [-0.2, 0) is 4.74 Å². The Balaban J connectivity index is 1.39. The standard InChI is InChI=1S/C26H22Cl2FN3O3/c27-21-6-2-4-19(23(21)29)26(34)31-16-7-8-18(22(28)11-16)25(33)20-5-1-3-15-12-30-13-17-14-35-10-9-32(17)24(15)20/h1-4,6-8,11-13,20,24,30H,5,9-10,14H2,(H,31,34). The summed E-state index contributed by atoms with van der Waals surface area (Å²) in [5, 5.41) is 5.88. The van der Waals surface area contributed by atoms with E-state index in [1.165, 1.54) is 24.3 Å². The molecular weight excluding hydrogens is 492 g/mol. The van der Waals surface area contributed by atoms with Gasteiger partial charge in [0.2, 0.25) is 0 Å². The minimum absolute atomic E-state index is 0.0817. The van der Waals surface area contributed by atoms with E-state index < -0.39 is 11.7 Å². The molecule has 0 spiro atoms. The Morgan fingerprint density at radius 2 is 1.97 bits per heavy atom. The molecule has 2 aromatic carbocycles. The van der Waals surface area contributed by atoms with E-state index in [2.05, 4.69) is 15.5 Å². The zero-order chi connectivity index (χ0) is 24.5. The number of Topliss-reactive ketones (excluding diaryl/α,β-unsaturated/α-hetero) is 1. The van der Waals surface area contributed by atoms with Crippen LogP contribution in [0.5, 0.6) is 0 Å². The number of halogens is 3. The van der Waals surface area contributed by atoms with E-state index in [1.807, 2.05) is 24.6 Å². The number of carbonyl (C=O) groups is 2. The number of morpholine rings is 1. The normalized spacial score (nSPS) is 21.1. The van der Waals surface area contributed by atoms with Crippen molar-refractivity contribution in [1.82, 2.24) is 10.2 Å². The first-order chi connectivity index (χ1) is 16.9. The van der Waals surface area contributed by atoms with Gasteiger partial charge in [0.25, 0.3) is 5.91 Å². The highest BCUT2D eigenvalue weighted by Crippen LogP contribution is 2.36. The lowest BCUT2D eigenvalue weighted by Gasteiger charge is -2.42. The molecule has 0 radical (unpaired) electrons. The molecule has 9 heteroatoms. The number of hydrogen-bond donors (Lipinski definition) is 2. The number of anilines is 1. The van der Waals surface area contributed by atoms with Crippen molar-refractivity contribution in [3.05, 3.63) is 99.2 Å². The first kappa shape index (κ1) is 23.6. The molecule has 1 saturated heterocycles. The number of amides is 1. The van der Waals surface area contributed by atoms with Crippen molar-refractivity contribution < 1.29 is 18.7 Å². The predicted molar refractivity (Wildman–Crippen MR) is 133 cm³/mol. The van der Waals surface area contributed by atoms with E-state index in [0.717, 1.165) is 11.3 Å². The van der Waals surface area contributed by atoms with Crippen LogP contribution >= 0.6 is 23.2 Å². The van der Waals surface area contributed by atoms with E-state index in [9.17, 15) is 14.0 Å². The van der Waals surface area contributed by atoms with Crippen LogP contribution in [0.25, 0.3) is 0 Å². The van der Waals surface area contributed by atoms with Gasteiger partial charge in [-0.3, -0.25) is 9.59 Å². The number of ketones is 1. The molecule has 2 aliphatic heterocycles. The molecule has 2 atom stereocenters. The Hall–Kier alpha value is -3.13. The quantitative estimate of drug-likeness (QED) is 0.551. The SMILES string of the molecule is O=C(Nc1ccc(C(=O)C2CC=CC3=CNC=C4COCCN4C32)c(Cl)c1)c1cccc(Cl)c1F. The molecule has 0 aromatic heterocycles. The number of rotatable bonds is 4. The van der Waals surface area contributed by atoms with Crippen molar-refractivity contribution in [2.75, 3.05) is 25.1 Å². The van der Waals surface area contributed by atoms with Crippen molar-refractivity contribution >= 4 is 40.6 Å². The Morgan fingerprint density at radius 3 is 2.80 bits per heavy atom. The highest BCUT2D eigenvalue weighted by atomic mass is 35.5. The monoisotopic (exact) mass is 513 g/mol. The topological polar surface area (TPSA) is 70.7 Å². The molecule has 1 amide bonds. The number of ether oxygens (including phenoxy) is 1. The summed E-state index contributed by atoms with van der Waals surface area (Å²) in [6.07, 6.45) is 8.45. The lowest BCUT2D eigenvalue weighted by molar-refractivity contribution is 0.0455. The van der Waals surface area contributed by atoms with Gasteiger partial charge in [-0.25, -0.2) is 4.39 Å². The zero-order valence-electron chi connectivity index (χ0n) is 18.6. The molecule has 0 saturated carbocycles. The van der Waals surface area contributed by atoms with Crippen molar-refractivity contribution in [3.8, 4) is 0 Å². The summed E-state index contributed by atoms with van der Waals surface area (Å²) in [4.78, 5) is 28.5. The summed E-state index contributed by atoms with van der Waals surface area (Å²) in [5.74, 6) is -1.88. The van der Waals surface area contributed by atoms with Crippen molar-refractivity contribution in [2.24, 2.45) is 5.92 Å². The molecule has 5 rings (SSSR count). The Labute approximate surface area is 212 Å². The third-order valence-electron chi connectivity index (χ3n) is 6.38. The molecule has 2 aromatic rings. The van der Waals surface area contributed by atoms with Gasteiger partial charge in [-0.15, -0.1) is 0 Å². The van der Waals surface area contributed by atoms with E-state index in [1.54, 1.807) is 12.1 Å². The fourth-order valence-electron chi connectivity index (χ4n) is 4.70. The van der Waals surface area contributed by atoms with Gasteiger partial charge in [0.15, 0.2) is 11.6 Å². The molecule has 6 nitrogen and oxygen atoms in total. The molecule has 1 aliphatic carbocycles. The maximum Gasteiger partial charge on any atom is 0.258 e. The molecule has 180 valence electrons. The van der Waals surface area contributed by atoms with Crippen molar-refractivity contribution in [3.63, 3.8) is 0 Å². The summed E-state index contributed by atoms with van der Waals surface area (Å²) in [7, 11) is 0. The average molecular weight is 514 g/mol. The minimum Gasteiger partial charge on any atom is -0.373 e. The zero-order valence-corrected chi connectivity index (χ0v) is 20.1. The lowest BCUT2D eigenvalue weighted by Crippen LogP contribution is -2.48. The Kier molecular flexibility index (Phi) is 6.65. The maximum absolute atomic E-state index is 14.2. The molecule has 2 unspecified atom stereocenters. The second-order valence-electron chi connectivity index (χ2n) is 8.50. The number of benzene rings is 2. The summed E-state index contributed by atoms with van der Waals surface area (Å²) in [6, 6.07) is 8.75. The summed E-state index contributed by atoms with van der Waals surface area (Å²) < 4.78 is 19.8. The second kappa shape index (κ2) is 9.85. The van der Waals surface area contributed by atoms with Crippen LogP contribution in [-0.4, -0.2) is 42.4 Å². The van der Waals surface area contributed by atoms with Crippen molar-refractivity contribution in [2.45, 2.75) is 12.5 Å². The van der Waals surface area contributed by atoms with Crippen LogP contribution in [0.3, 0.4) is 0 Å². The van der Waals surface area contributed by atoms with E-state index >= 15 is 0 Å². The van der Waals surface area contributed by atoms with Gasteiger partial charge in [0.1, 0.15) is 0 Å². The molecule has 35 heavy (non-hydrogen) atoms. The molecule has 1 fully saturated rings. The third-order valence-corrected chi connectivity index (χ3v) is 6.98. The fourth-order valence-corrected chi connectivity index (χ4v) is 5.15. The first-order valence-corrected chi connectivity index (χ1v) is 11.9. The number of fused-ring (bicyclic) bond motifs is 3. The van der Waals surface area contributed by atoms with E-state index in [-0.39, 0.29) is 33.4 Å². The van der Waals surface area contributed by atoms with Gasteiger partial charge >= 0.3 is 0 Å². The van der Waals surface area contributed by atoms with Gasteiger partial charge in [-0.05, 0) is 42.3 Å². The number of nitrogens with zero attached hydrogens (tertiary/aromatic N) is 1. The third kappa shape index (κ3) is 4.59. The van der Waals surface area contributed by atoms with Crippen LogP contribution in [0.15, 0.2) is 72.2 Å². The minimum atomic E-state index is -0.798. The summed E-state index contributed by atoms with van der Waals surface area (Å²) in [6.45, 7) is 1.76. The number of nitrogens with one attached hydrogen (secondary N) is 2. The number of hydrogen-bond acceptors (Lipinski definition) is 5. The first-order valence-electron chi connectivity index (χ1n) is 11.2. The molecule has 0 bridgehead atoms. The fraction of sp³-hybridized carbons (Fsp3) is 0.231. The molecule has 2 heterocycles. The van der Waals surface area contributed by atoms with Crippen molar-refractivity contribution in [1.29, 1.82) is 0 Å². The highest BCUT2D eigenvalue weighted by molar-refractivity contribution is 6.34. The number of allylic oxidation sites excluding steroid dienone is 1. The van der Waals surface area contributed by atoms with Crippen LogP contribution < -0.4 is 10.6 Å². The van der Waals surface area contributed by atoms with Crippen LogP contribution in [0.1, 0.15) is 27.1 Å². The highest BCUT2D eigenvalue weighted by Gasteiger charge is 2.39. The largest absolute Gasteiger partial charge is 0.373 e. The van der Waals surface area contributed by atoms with Gasteiger partial charge in [-0.1, -0.05) is 41.4 Å². The smallest absolute Gasteiger partial charge is 0.258 e. The maximum atomic E-state index is 14.2. The van der Waals surface area contributed by atoms with Gasteiger partial charge < -0.3 is 20.3 Å². The van der Waals surface area contributed by atoms with Gasteiger partial charge in [0, 0.05) is 30.2 Å². The van der Waals surface area contributed by atoms with Crippen LogP contribution in [0, 0.1) is 11.7 Å². The summed E-state index contributed by atoms with van der Waals surface area (Å²) >= 11 is 12.3. The lowest BCUT2D eigenvalue weighted by atomic mass is 9.79. The molecular formula is C26H22Cl2FN3O3. The Bertz CT molecular complexity index is 1290. The van der Waals surface area contributed by atoms with Gasteiger partial charge in [-0.2, -0.15) is 0 Å². The molecule has 3 aliphatic rings. The van der Waals surface area contributed by atoms with Crippen LogP contribution in [0.2, 0.25) is 10.0 Å². The van der Waals surface area contributed by atoms with E-state index in [0.29, 0.717) is 37.4 Å². The van der Waals surface area contributed by atoms with Crippen LogP contribution in [0.4, 0.5) is 10.1 Å². The molecule has 2 N–H and O–H groups in total. The second-order valence-corrected chi connectivity index (χ2v) is 9.31. The predicted octanol–water partition coefficient (Wildman–Crippen LogP) is 5.17.